The van der Waals surface area contributed by atoms with Crippen molar-refractivity contribution in [3.63, 3.8) is 0 Å². The average Bonchev–Trinajstić information content (AvgIpc) is 2.98. The molecule has 0 radical (unpaired) electrons. The van der Waals surface area contributed by atoms with Gasteiger partial charge in [-0.25, -0.2) is 5.48 Å². The molecule has 6 heteroatoms. The third-order valence-electron chi connectivity index (χ3n) is 9.09. The molecule has 0 fully saturated rings. The molecule has 0 aromatic heterocycles. The van der Waals surface area contributed by atoms with Gasteiger partial charge in [0.25, 0.3) is 0 Å². The van der Waals surface area contributed by atoms with E-state index in [-0.39, 0.29) is 11.8 Å². The number of carbonyl (C=O) groups is 2. The molecule has 0 bridgehead atoms. The van der Waals surface area contributed by atoms with Crippen molar-refractivity contribution in [2.24, 2.45) is 11.8 Å². The standard InChI is InChI=1S/C36H71NO5/c1-2-3-4-23-28-33(29-24-19-15-12-13-17-21-26-31-35(39)37-42)34(36(40)41)30-25-20-16-11-9-7-5-6-8-10-14-18-22-27-32-38/h33-34,38,42H,2-32H2,1H3,(H,37,39)(H,40,41). The Balaban J connectivity index is 4.08. The summed E-state index contributed by atoms with van der Waals surface area (Å²) >= 11 is 0. The molecule has 0 aliphatic carbocycles. The van der Waals surface area contributed by atoms with Crippen molar-refractivity contribution in [1.29, 1.82) is 0 Å². The summed E-state index contributed by atoms with van der Waals surface area (Å²) in [6.07, 6.45) is 34.7. The highest BCUT2D eigenvalue weighted by atomic mass is 16.5. The van der Waals surface area contributed by atoms with Gasteiger partial charge in [0.2, 0.25) is 5.91 Å². The molecule has 0 aromatic carbocycles. The SMILES string of the molecule is CCCCCCC(CCCCCCCCCCC(=O)NO)C(CCCCCCCCCCCCCCCCO)C(=O)O. The van der Waals surface area contributed by atoms with Gasteiger partial charge in [-0.3, -0.25) is 14.8 Å². The molecule has 250 valence electrons. The number of aliphatic hydroxyl groups is 1. The van der Waals surface area contributed by atoms with E-state index in [9.17, 15) is 14.7 Å². The maximum absolute atomic E-state index is 12.3. The molecule has 0 heterocycles. The average molecular weight is 598 g/mol. The highest BCUT2D eigenvalue weighted by Crippen LogP contribution is 2.30. The van der Waals surface area contributed by atoms with Crippen LogP contribution in [-0.4, -0.2) is 33.9 Å². The molecule has 4 N–H and O–H groups in total. The quantitative estimate of drug-likeness (QED) is 0.0335. The van der Waals surface area contributed by atoms with Crippen molar-refractivity contribution in [2.45, 2.75) is 200 Å². The first-order valence-electron chi connectivity index (χ1n) is 18.3. The minimum absolute atomic E-state index is 0.175. The third kappa shape index (κ3) is 27.7. The second-order valence-corrected chi connectivity index (χ2v) is 12.9. The fraction of sp³-hybridized carbons (Fsp3) is 0.944. The monoisotopic (exact) mass is 598 g/mol. The molecule has 0 saturated carbocycles. The first-order valence-corrected chi connectivity index (χ1v) is 18.3. The molecule has 2 unspecified atom stereocenters. The topological polar surface area (TPSA) is 107 Å². The summed E-state index contributed by atoms with van der Waals surface area (Å²) in [4.78, 5) is 23.3. The molecule has 1 amide bonds. The summed E-state index contributed by atoms with van der Waals surface area (Å²) in [6.45, 7) is 2.56. The lowest BCUT2D eigenvalue weighted by molar-refractivity contribution is -0.144. The van der Waals surface area contributed by atoms with Crippen molar-refractivity contribution in [3.05, 3.63) is 0 Å². The zero-order valence-electron chi connectivity index (χ0n) is 27.7. The van der Waals surface area contributed by atoms with Crippen LogP contribution in [0.2, 0.25) is 0 Å². The number of aliphatic hydroxyl groups excluding tert-OH is 1. The number of hydrogen-bond acceptors (Lipinski definition) is 4. The number of carboxylic acid groups (broad SMARTS) is 1. The number of nitrogens with one attached hydrogen (secondary N) is 1. The van der Waals surface area contributed by atoms with Gasteiger partial charge in [0.05, 0.1) is 5.92 Å². The zero-order chi connectivity index (χ0) is 30.9. The minimum Gasteiger partial charge on any atom is -0.481 e. The molecule has 0 aliphatic rings. The van der Waals surface area contributed by atoms with E-state index in [4.69, 9.17) is 10.3 Å². The van der Waals surface area contributed by atoms with Gasteiger partial charge in [0, 0.05) is 13.0 Å². The minimum atomic E-state index is -0.571. The highest BCUT2D eigenvalue weighted by molar-refractivity contribution is 5.74. The molecule has 2 atom stereocenters. The van der Waals surface area contributed by atoms with Crippen molar-refractivity contribution in [1.82, 2.24) is 5.48 Å². The summed E-state index contributed by atoms with van der Waals surface area (Å²) in [5.74, 6) is -0.717. The van der Waals surface area contributed by atoms with Crippen LogP contribution < -0.4 is 5.48 Å². The van der Waals surface area contributed by atoms with Crippen molar-refractivity contribution >= 4 is 11.9 Å². The van der Waals surface area contributed by atoms with E-state index in [2.05, 4.69) is 6.92 Å². The summed E-state index contributed by atoms with van der Waals surface area (Å²) in [5, 5.41) is 27.5. The van der Waals surface area contributed by atoms with Gasteiger partial charge >= 0.3 is 5.97 Å². The number of amides is 1. The van der Waals surface area contributed by atoms with Crippen LogP contribution >= 0.6 is 0 Å². The fourth-order valence-electron chi connectivity index (χ4n) is 6.35. The molecular formula is C36H71NO5. The Labute approximate surface area is 260 Å². The lowest BCUT2D eigenvalue weighted by atomic mass is 9.80. The van der Waals surface area contributed by atoms with Crippen LogP contribution in [0.3, 0.4) is 0 Å². The predicted octanol–water partition coefficient (Wildman–Crippen LogP) is 10.5. The maximum atomic E-state index is 12.3. The maximum Gasteiger partial charge on any atom is 0.306 e. The molecule has 0 rings (SSSR count). The van der Waals surface area contributed by atoms with Gasteiger partial charge in [-0.2, -0.15) is 0 Å². The Kier molecular flexibility index (Phi) is 31.9. The smallest absolute Gasteiger partial charge is 0.306 e. The van der Waals surface area contributed by atoms with E-state index < -0.39 is 5.97 Å². The van der Waals surface area contributed by atoms with Crippen LogP contribution in [-0.2, 0) is 9.59 Å². The Morgan fingerprint density at radius 2 is 0.881 bits per heavy atom. The first kappa shape index (κ1) is 40.9. The molecule has 0 saturated heterocycles. The Hall–Kier alpha value is -1.14. The van der Waals surface area contributed by atoms with Crippen molar-refractivity contribution < 1.29 is 25.0 Å². The first-order chi connectivity index (χ1) is 20.6. The van der Waals surface area contributed by atoms with Gasteiger partial charge in [0.1, 0.15) is 0 Å². The van der Waals surface area contributed by atoms with Crippen LogP contribution in [0.4, 0.5) is 0 Å². The van der Waals surface area contributed by atoms with E-state index in [1.54, 1.807) is 5.48 Å². The number of unbranched alkanes of at least 4 members (excludes halogenated alkanes) is 23. The van der Waals surface area contributed by atoms with Crippen LogP contribution in [0.25, 0.3) is 0 Å². The molecule has 0 spiro atoms. The van der Waals surface area contributed by atoms with E-state index in [0.29, 0.717) is 18.9 Å². The summed E-state index contributed by atoms with van der Waals surface area (Å²) < 4.78 is 0. The number of hydrogen-bond donors (Lipinski definition) is 4. The molecule has 6 nitrogen and oxygen atoms in total. The number of hydroxylamine groups is 1. The normalized spacial score (nSPS) is 12.8. The number of carbonyl (C=O) groups excluding carboxylic acids is 1. The summed E-state index contributed by atoms with van der Waals surface area (Å²) in [7, 11) is 0. The van der Waals surface area contributed by atoms with Gasteiger partial charge < -0.3 is 10.2 Å². The zero-order valence-corrected chi connectivity index (χ0v) is 27.7. The largest absolute Gasteiger partial charge is 0.481 e. The van der Waals surface area contributed by atoms with Crippen molar-refractivity contribution in [3.8, 4) is 0 Å². The predicted molar refractivity (Wildman–Crippen MR) is 176 cm³/mol. The van der Waals surface area contributed by atoms with E-state index in [1.807, 2.05) is 0 Å². The molecular weight excluding hydrogens is 526 g/mol. The second-order valence-electron chi connectivity index (χ2n) is 12.9. The van der Waals surface area contributed by atoms with Crippen molar-refractivity contribution in [2.75, 3.05) is 6.61 Å². The number of carboxylic acids is 1. The van der Waals surface area contributed by atoms with Crippen LogP contribution in [0.15, 0.2) is 0 Å². The van der Waals surface area contributed by atoms with Crippen LogP contribution in [0, 0.1) is 11.8 Å². The molecule has 42 heavy (non-hydrogen) atoms. The fourth-order valence-corrected chi connectivity index (χ4v) is 6.35. The number of aliphatic carboxylic acids is 1. The highest BCUT2D eigenvalue weighted by Gasteiger charge is 2.26. The summed E-state index contributed by atoms with van der Waals surface area (Å²) in [6, 6.07) is 0. The Morgan fingerprint density at radius 1 is 0.524 bits per heavy atom. The lowest BCUT2D eigenvalue weighted by Gasteiger charge is -2.24. The van der Waals surface area contributed by atoms with E-state index in [0.717, 1.165) is 57.8 Å². The van der Waals surface area contributed by atoms with E-state index in [1.165, 1.54) is 128 Å². The van der Waals surface area contributed by atoms with Gasteiger partial charge in [0.15, 0.2) is 0 Å². The third-order valence-corrected chi connectivity index (χ3v) is 9.09. The van der Waals surface area contributed by atoms with E-state index >= 15 is 0 Å². The van der Waals surface area contributed by atoms with Crippen LogP contribution in [0.1, 0.15) is 200 Å². The lowest BCUT2D eigenvalue weighted by Crippen LogP contribution is -2.24. The van der Waals surface area contributed by atoms with Gasteiger partial charge in [-0.15, -0.1) is 0 Å². The Bertz CT molecular complexity index is 585. The second kappa shape index (κ2) is 32.8. The molecule has 0 aromatic rings. The Morgan fingerprint density at radius 3 is 1.26 bits per heavy atom. The van der Waals surface area contributed by atoms with Crippen LogP contribution in [0.5, 0.6) is 0 Å². The number of rotatable bonds is 34. The summed E-state index contributed by atoms with van der Waals surface area (Å²) in [5.41, 5.74) is 1.69. The molecule has 0 aliphatic heterocycles. The van der Waals surface area contributed by atoms with Gasteiger partial charge in [-0.1, -0.05) is 161 Å². The van der Waals surface area contributed by atoms with Gasteiger partial charge in [-0.05, 0) is 38.0 Å².